The van der Waals surface area contributed by atoms with Gasteiger partial charge in [-0.25, -0.2) is 0 Å². The molecule has 1 unspecified atom stereocenters. The molecular weight excluding hydrogens is 367 g/mol. The highest BCUT2D eigenvalue weighted by Gasteiger charge is 2.38. The number of carbonyl (C=O) groups is 2. The van der Waals surface area contributed by atoms with Crippen LogP contribution in [0.15, 0.2) is 22.7 Å². The van der Waals surface area contributed by atoms with Crippen molar-refractivity contribution in [3.8, 4) is 0 Å². The Morgan fingerprint density at radius 1 is 1.45 bits per heavy atom. The van der Waals surface area contributed by atoms with Gasteiger partial charge in [-0.2, -0.15) is 13.2 Å². The Morgan fingerprint density at radius 2 is 2.14 bits per heavy atom. The Balaban J connectivity index is 2.26. The smallest absolute Gasteiger partial charge is 0.417 e. The van der Waals surface area contributed by atoms with Crippen LogP contribution in [0.4, 0.5) is 18.9 Å². The summed E-state index contributed by atoms with van der Waals surface area (Å²) in [4.78, 5) is 24.8. The lowest BCUT2D eigenvalue weighted by atomic mass is 10.1. The van der Waals surface area contributed by atoms with Gasteiger partial charge in [0.1, 0.15) is 0 Å². The second kappa shape index (κ2) is 6.28. The molecule has 1 saturated heterocycles. The average Bonchev–Trinajstić information content (AvgIpc) is 2.80. The molecule has 1 atom stereocenters. The largest absolute Gasteiger partial charge is 0.466 e. The molecule has 0 spiro atoms. The molecule has 0 radical (unpaired) electrons. The van der Waals surface area contributed by atoms with E-state index in [0.717, 1.165) is 6.07 Å². The lowest BCUT2D eigenvalue weighted by Crippen LogP contribution is -2.26. The highest BCUT2D eigenvalue weighted by molar-refractivity contribution is 9.10. The van der Waals surface area contributed by atoms with Crippen LogP contribution in [0.25, 0.3) is 0 Å². The summed E-state index contributed by atoms with van der Waals surface area (Å²) in [6.45, 7) is 1.87. The summed E-state index contributed by atoms with van der Waals surface area (Å²) in [7, 11) is 0. The zero-order valence-corrected chi connectivity index (χ0v) is 13.2. The molecule has 1 aliphatic rings. The maximum Gasteiger partial charge on any atom is 0.417 e. The summed E-state index contributed by atoms with van der Waals surface area (Å²) in [6, 6.07) is 3.55. The van der Waals surface area contributed by atoms with Crippen LogP contribution in [0.2, 0.25) is 0 Å². The van der Waals surface area contributed by atoms with Gasteiger partial charge in [-0.05, 0) is 25.1 Å². The number of benzene rings is 1. The van der Waals surface area contributed by atoms with Crippen LogP contribution >= 0.6 is 15.9 Å². The Morgan fingerprint density at radius 3 is 2.73 bits per heavy atom. The molecule has 120 valence electrons. The minimum absolute atomic E-state index is 0.0244. The number of nitrogens with zero attached hydrogens (tertiary/aromatic N) is 1. The number of alkyl halides is 3. The van der Waals surface area contributed by atoms with E-state index in [0.29, 0.717) is 0 Å². The van der Waals surface area contributed by atoms with E-state index in [1.54, 1.807) is 6.92 Å². The van der Waals surface area contributed by atoms with E-state index in [2.05, 4.69) is 15.9 Å². The molecule has 1 fully saturated rings. The SMILES string of the molecule is CCOC(=O)C1CC(=O)N(c2ccc(Br)c(C(F)(F)F)c2)C1. The van der Waals surface area contributed by atoms with Crippen molar-refractivity contribution in [2.45, 2.75) is 19.5 Å². The van der Waals surface area contributed by atoms with Crippen molar-refractivity contribution in [2.75, 3.05) is 18.1 Å². The Kier molecular flexibility index (Phi) is 4.79. The molecule has 2 rings (SSSR count). The number of amides is 1. The first-order valence-corrected chi connectivity index (χ1v) is 7.37. The van der Waals surface area contributed by atoms with Gasteiger partial charge in [0, 0.05) is 23.1 Å². The number of ether oxygens (including phenoxy) is 1. The van der Waals surface area contributed by atoms with E-state index in [-0.39, 0.29) is 29.7 Å². The fraction of sp³-hybridized carbons (Fsp3) is 0.429. The highest BCUT2D eigenvalue weighted by Crippen LogP contribution is 2.38. The fourth-order valence-electron chi connectivity index (χ4n) is 2.27. The Hall–Kier alpha value is -1.57. The number of hydrogen-bond donors (Lipinski definition) is 0. The maximum absolute atomic E-state index is 12.9. The van der Waals surface area contributed by atoms with E-state index < -0.39 is 29.5 Å². The number of halogens is 4. The van der Waals surface area contributed by atoms with E-state index >= 15 is 0 Å². The van der Waals surface area contributed by atoms with Crippen molar-refractivity contribution < 1.29 is 27.5 Å². The normalized spacial score (nSPS) is 18.7. The van der Waals surface area contributed by atoms with Crippen LogP contribution in [0.1, 0.15) is 18.9 Å². The molecule has 22 heavy (non-hydrogen) atoms. The number of esters is 1. The molecule has 1 heterocycles. The van der Waals surface area contributed by atoms with E-state index in [1.807, 2.05) is 0 Å². The maximum atomic E-state index is 12.9. The number of carbonyl (C=O) groups excluding carboxylic acids is 2. The first-order valence-electron chi connectivity index (χ1n) is 6.57. The summed E-state index contributed by atoms with van der Waals surface area (Å²) < 4.78 is 43.5. The van der Waals surface area contributed by atoms with E-state index in [1.165, 1.54) is 17.0 Å². The highest BCUT2D eigenvalue weighted by atomic mass is 79.9. The third kappa shape index (κ3) is 3.43. The molecule has 0 aromatic heterocycles. The second-order valence-corrected chi connectivity index (χ2v) is 5.67. The third-order valence-electron chi connectivity index (χ3n) is 3.31. The van der Waals surface area contributed by atoms with Crippen molar-refractivity contribution in [1.29, 1.82) is 0 Å². The first kappa shape index (κ1) is 16.8. The van der Waals surface area contributed by atoms with Crippen LogP contribution in [0.3, 0.4) is 0 Å². The molecule has 1 aliphatic heterocycles. The summed E-state index contributed by atoms with van der Waals surface area (Å²) in [6.07, 6.45) is -4.59. The lowest BCUT2D eigenvalue weighted by Gasteiger charge is -2.19. The standard InChI is InChI=1S/C14H13BrF3NO3/c1-2-22-13(21)8-5-12(20)19(7-8)9-3-4-11(15)10(6-9)14(16,17)18/h3-4,6,8H,2,5,7H2,1H3. The quantitative estimate of drug-likeness (QED) is 0.756. The molecule has 1 aromatic carbocycles. The molecular formula is C14H13BrF3NO3. The van der Waals surface area contributed by atoms with Crippen LogP contribution in [0, 0.1) is 5.92 Å². The molecule has 0 saturated carbocycles. The summed E-state index contributed by atoms with van der Waals surface area (Å²) in [5.41, 5.74) is -0.746. The topological polar surface area (TPSA) is 46.6 Å². The monoisotopic (exact) mass is 379 g/mol. The summed E-state index contributed by atoms with van der Waals surface area (Å²) >= 11 is 2.85. The van der Waals surface area contributed by atoms with Crippen molar-refractivity contribution in [2.24, 2.45) is 5.92 Å². The van der Waals surface area contributed by atoms with Crippen LogP contribution < -0.4 is 4.90 Å². The summed E-state index contributed by atoms with van der Waals surface area (Å²) in [5, 5.41) is 0. The predicted octanol–water partition coefficient (Wildman–Crippen LogP) is 3.38. The molecule has 0 N–H and O–H groups in total. The van der Waals surface area contributed by atoms with Crippen molar-refractivity contribution in [1.82, 2.24) is 0 Å². The molecule has 8 heteroatoms. The van der Waals surface area contributed by atoms with E-state index in [9.17, 15) is 22.8 Å². The van der Waals surface area contributed by atoms with Gasteiger partial charge < -0.3 is 9.64 Å². The van der Waals surface area contributed by atoms with Crippen LogP contribution in [0.5, 0.6) is 0 Å². The van der Waals surface area contributed by atoms with Crippen LogP contribution in [-0.4, -0.2) is 25.0 Å². The number of rotatable bonds is 3. The van der Waals surface area contributed by atoms with Gasteiger partial charge in [-0.3, -0.25) is 9.59 Å². The van der Waals surface area contributed by atoms with Crippen LogP contribution in [-0.2, 0) is 20.5 Å². The molecule has 1 aromatic rings. The first-order chi connectivity index (χ1) is 10.2. The molecule has 0 aliphatic carbocycles. The number of hydrogen-bond acceptors (Lipinski definition) is 3. The molecule has 1 amide bonds. The van der Waals surface area contributed by atoms with Crippen molar-refractivity contribution >= 4 is 33.5 Å². The third-order valence-corrected chi connectivity index (χ3v) is 4.00. The van der Waals surface area contributed by atoms with E-state index in [4.69, 9.17) is 4.74 Å². The lowest BCUT2D eigenvalue weighted by molar-refractivity contribution is -0.147. The van der Waals surface area contributed by atoms with Gasteiger partial charge in [0.05, 0.1) is 18.1 Å². The van der Waals surface area contributed by atoms with Crippen molar-refractivity contribution in [3.05, 3.63) is 28.2 Å². The number of anilines is 1. The van der Waals surface area contributed by atoms with Gasteiger partial charge in [0.25, 0.3) is 0 Å². The minimum Gasteiger partial charge on any atom is -0.466 e. The predicted molar refractivity (Wildman–Crippen MR) is 76.2 cm³/mol. The Bertz CT molecular complexity index is 603. The molecule has 0 bridgehead atoms. The summed E-state index contributed by atoms with van der Waals surface area (Å²) in [5.74, 6) is -1.55. The minimum atomic E-state index is -4.53. The van der Waals surface area contributed by atoms with Crippen molar-refractivity contribution in [3.63, 3.8) is 0 Å². The zero-order chi connectivity index (χ0) is 16.5. The van der Waals surface area contributed by atoms with Gasteiger partial charge in [-0.15, -0.1) is 0 Å². The average molecular weight is 380 g/mol. The Labute approximate surface area is 133 Å². The van der Waals surface area contributed by atoms with Gasteiger partial charge in [-0.1, -0.05) is 15.9 Å². The zero-order valence-electron chi connectivity index (χ0n) is 11.6. The second-order valence-electron chi connectivity index (χ2n) is 4.82. The van der Waals surface area contributed by atoms with Gasteiger partial charge >= 0.3 is 12.1 Å². The fourth-order valence-corrected chi connectivity index (χ4v) is 2.74. The van der Waals surface area contributed by atoms with Gasteiger partial charge in [0.2, 0.25) is 5.91 Å². The van der Waals surface area contributed by atoms with Gasteiger partial charge in [0.15, 0.2) is 0 Å². The molecule has 4 nitrogen and oxygen atoms in total.